The Morgan fingerprint density at radius 2 is 1.69 bits per heavy atom. The Balaban J connectivity index is 1.90. The van der Waals surface area contributed by atoms with E-state index in [9.17, 15) is 4.79 Å². The van der Waals surface area contributed by atoms with Crippen LogP contribution in [0.5, 0.6) is 17.2 Å². The minimum Gasteiger partial charge on any atom is -0.497 e. The summed E-state index contributed by atoms with van der Waals surface area (Å²) in [5.74, 6) is 1.99. The molecule has 0 bridgehead atoms. The highest BCUT2D eigenvalue weighted by Crippen LogP contribution is 2.21. The van der Waals surface area contributed by atoms with Gasteiger partial charge in [0.1, 0.15) is 17.2 Å². The van der Waals surface area contributed by atoms with Crippen molar-refractivity contribution in [2.24, 2.45) is 0 Å². The second kappa shape index (κ2) is 9.70. The van der Waals surface area contributed by atoms with Gasteiger partial charge in [-0.1, -0.05) is 25.1 Å². The fourth-order valence-electron chi connectivity index (χ4n) is 2.42. The Hall–Kier alpha value is -2.69. The van der Waals surface area contributed by atoms with Crippen LogP contribution >= 0.6 is 0 Å². The van der Waals surface area contributed by atoms with Crippen LogP contribution in [0, 0.1) is 0 Å². The van der Waals surface area contributed by atoms with Crippen molar-refractivity contribution in [1.29, 1.82) is 0 Å². The first-order valence-corrected chi connectivity index (χ1v) is 8.85. The highest BCUT2D eigenvalue weighted by atomic mass is 16.5. The number of carbonyl (C=O) groups is 1. The normalized spacial score (nSPS) is 11.7. The van der Waals surface area contributed by atoms with Crippen molar-refractivity contribution in [3.63, 3.8) is 0 Å². The van der Waals surface area contributed by atoms with Gasteiger partial charge in [0.25, 0.3) is 5.91 Å². The van der Waals surface area contributed by atoms with Gasteiger partial charge < -0.3 is 19.5 Å². The number of benzene rings is 2. The van der Waals surface area contributed by atoms with Crippen LogP contribution in [-0.4, -0.2) is 25.2 Å². The molecule has 1 N–H and O–H groups in total. The standard InChI is InChI=1S/C21H27NO4/c1-5-20(26-19-8-6-7-18(13-19)24-4)21(23)22-14-16-9-11-17(12-10-16)25-15(2)3/h6-13,15,20H,5,14H2,1-4H3,(H,22,23). The fourth-order valence-corrected chi connectivity index (χ4v) is 2.42. The molecule has 1 atom stereocenters. The third-order valence-corrected chi connectivity index (χ3v) is 3.74. The van der Waals surface area contributed by atoms with Crippen LogP contribution in [0.2, 0.25) is 0 Å². The van der Waals surface area contributed by atoms with Gasteiger partial charge in [-0.2, -0.15) is 0 Å². The van der Waals surface area contributed by atoms with E-state index in [-0.39, 0.29) is 12.0 Å². The summed E-state index contributed by atoms with van der Waals surface area (Å²) in [5.41, 5.74) is 1.01. The molecule has 140 valence electrons. The van der Waals surface area contributed by atoms with Crippen molar-refractivity contribution >= 4 is 5.91 Å². The summed E-state index contributed by atoms with van der Waals surface area (Å²) >= 11 is 0. The molecule has 5 heteroatoms. The maximum atomic E-state index is 12.4. The van der Waals surface area contributed by atoms with E-state index >= 15 is 0 Å². The van der Waals surface area contributed by atoms with E-state index in [1.54, 1.807) is 13.2 Å². The summed E-state index contributed by atoms with van der Waals surface area (Å²) in [6.07, 6.45) is 0.162. The molecule has 1 unspecified atom stereocenters. The lowest BCUT2D eigenvalue weighted by Gasteiger charge is -2.18. The van der Waals surface area contributed by atoms with Crippen LogP contribution in [-0.2, 0) is 11.3 Å². The largest absolute Gasteiger partial charge is 0.497 e. The second-order valence-corrected chi connectivity index (χ2v) is 6.22. The van der Waals surface area contributed by atoms with Crippen molar-refractivity contribution in [3.8, 4) is 17.2 Å². The Morgan fingerprint density at radius 1 is 1.00 bits per heavy atom. The summed E-state index contributed by atoms with van der Waals surface area (Å²) in [6.45, 7) is 6.34. The van der Waals surface area contributed by atoms with E-state index in [2.05, 4.69) is 5.32 Å². The van der Waals surface area contributed by atoms with Gasteiger partial charge in [-0.05, 0) is 50.1 Å². The van der Waals surface area contributed by atoms with Crippen LogP contribution in [0.25, 0.3) is 0 Å². The van der Waals surface area contributed by atoms with Crippen molar-refractivity contribution in [1.82, 2.24) is 5.32 Å². The molecular weight excluding hydrogens is 330 g/mol. The zero-order valence-corrected chi connectivity index (χ0v) is 15.8. The van der Waals surface area contributed by atoms with E-state index in [0.29, 0.717) is 24.5 Å². The predicted octanol–water partition coefficient (Wildman–Crippen LogP) is 3.96. The third kappa shape index (κ3) is 5.99. The Labute approximate surface area is 155 Å². The molecule has 26 heavy (non-hydrogen) atoms. The molecule has 1 amide bonds. The first-order valence-electron chi connectivity index (χ1n) is 8.85. The highest BCUT2D eigenvalue weighted by molar-refractivity contribution is 5.81. The average molecular weight is 357 g/mol. The molecule has 0 radical (unpaired) electrons. The number of ether oxygens (including phenoxy) is 3. The van der Waals surface area contributed by atoms with Crippen molar-refractivity contribution in [3.05, 3.63) is 54.1 Å². The molecule has 0 saturated heterocycles. The van der Waals surface area contributed by atoms with Gasteiger partial charge >= 0.3 is 0 Å². The summed E-state index contributed by atoms with van der Waals surface area (Å²) in [6, 6.07) is 15.0. The van der Waals surface area contributed by atoms with Crippen molar-refractivity contribution in [2.45, 2.75) is 45.9 Å². The number of rotatable bonds is 9. The maximum absolute atomic E-state index is 12.4. The zero-order valence-electron chi connectivity index (χ0n) is 15.8. The van der Waals surface area contributed by atoms with Crippen LogP contribution < -0.4 is 19.5 Å². The topological polar surface area (TPSA) is 56.8 Å². The van der Waals surface area contributed by atoms with E-state index in [1.165, 1.54) is 0 Å². The Bertz CT molecular complexity index is 697. The summed E-state index contributed by atoms with van der Waals surface area (Å²) in [4.78, 5) is 12.4. The van der Waals surface area contributed by atoms with Gasteiger partial charge in [0.05, 0.1) is 13.2 Å². The van der Waals surface area contributed by atoms with Crippen LogP contribution in [0.1, 0.15) is 32.8 Å². The predicted molar refractivity (Wildman–Crippen MR) is 102 cm³/mol. The lowest BCUT2D eigenvalue weighted by Crippen LogP contribution is -2.37. The van der Waals surface area contributed by atoms with Crippen molar-refractivity contribution in [2.75, 3.05) is 7.11 Å². The highest BCUT2D eigenvalue weighted by Gasteiger charge is 2.18. The molecule has 0 aliphatic rings. The number of hydrogen-bond acceptors (Lipinski definition) is 4. The molecule has 2 aromatic carbocycles. The average Bonchev–Trinajstić information content (AvgIpc) is 2.65. The van der Waals surface area contributed by atoms with E-state index < -0.39 is 6.10 Å². The van der Waals surface area contributed by atoms with Crippen LogP contribution in [0.15, 0.2) is 48.5 Å². The minimum atomic E-state index is -0.550. The third-order valence-electron chi connectivity index (χ3n) is 3.74. The van der Waals surface area contributed by atoms with Crippen LogP contribution in [0.4, 0.5) is 0 Å². The molecule has 0 fully saturated rings. The number of methoxy groups -OCH3 is 1. The molecule has 5 nitrogen and oxygen atoms in total. The fraction of sp³-hybridized carbons (Fsp3) is 0.381. The number of carbonyl (C=O) groups excluding carboxylic acids is 1. The Kier molecular flexibility index (Phi) is 7.33. The van der Waals surface area contributed by atoms with E-state index in [0.717, 1.165) is 11.3 Å². The number of nitrogens with one attached hydrogen (secondary N) is 1. The summed E-state index contributed by atoms with van der Waals surface area (Å²) in [7, 11) is 1.60. The summed E-state index contributed by atoms with van der Waals surface area (Å²) in [5, 5.41) is 2.92. The van der Waals surface area contributed by atoms with Gasteiger partial charge in [0.2, 0.25) is 0 Å². The zero-order chi connectivity index (χ0) is 18.9. The molecule has 0 heterocycles. The van der Waals surface area contributed by atoms with Gasteiger partial charge in [0.15, 0.2) is 6.10 Å². The first kappa shape index (κ1) is 19.6. The van der Waals surface area contributed by atoms with Crippen LogP contribution in [0.3, 0.4) is 0 Å². The Morgan fingerprint density at radius 3 is 2.31 bits per heavy atom. The molecule has 0 saturated carbocycles. The van der Waals surface area contributed by atoms with Crippen molar-refractivity contribution < 1.29 is 19.0 Å². The summed E-state index contributed by atoms with van der Waals surface area (Å²) < 4.78 is 16.6. The quantitative estimate of drug-likeness (QED) is 0.738. The second-order valence-electron chi connectivity index (χ2n) is 6.22. The van der Waals surface area contributed by atoms with Gasteiger partial charge in [-0.3, -0.25) is 4.79 Å². The molecule has 0 spiro atoms. The SMILES string of the molecule is CCC(Oc1cccc(OC)c1)C(=O)NCc1ccc(OC(C)C)cc1. The van der Waals surface area contributed by atoms with Gasteiger partial charge in [-0.15, -0.1) is 0 Å². The lowest BCUT2D eigenvalue weighted by atomic mass is 10.2. The van der Waals surface area contributed by atoms with Gasteiger partial charge in [-0.25, -0.2) is 0 Å². The molecular formula is C21H27NO4. The minimum absolute atomic E-state index is 0.139. The van der Waals surface area contributed by atoms with E-state index in [4.69, 9.17) is 14.2 Å². The maximum Gasteiger partial charge on any atom is 0.261 e. The lowest BCUT2D eigenvalue weighted by molar-refractivity contribution is -0.128. The number of hydrogen-bond donors (Lipinski definition) is 1. The monoisotopic (exact) mass is 357 g/mol. The molecule has 0 aromatic heterocycles. The van der Waals surface area contributed by atoms with E-state index in [1.807, 2.05) is 63.2 Å². The first-order chi connectivity index (χ1) is 12.5. The molecule has 2 rings (SSSR count). The molecule has 0 aliphatic heterocycles. The molecule has 0 aliphatic carbocycles. The van der Waals surface area contributed by atoms with Gasteiger partial charge in [0, 0.05) is 12.6 Å². The smallest absolute Gasteiger partial charge is 0.261 e. The number of amides is 1. The molecule has 2 aromatic rings.